The molecule has 1 unspecified atom stereocenters. The molecule has 3 heteroatoms. The molecule has 1 aliphatic heterocycles. The maximum atomic E-state index is 5.46. The van der Waals surface area contributed by atoms with Gasteiger partial charge in [0.2, 0.25) is 0 Å². The van der Waals surface area contributed by atoms with Crippen LogP contribution in [0.3, 0.4) is 0 Å². The van der Waals surface area contributed by atoms with Crippen LogP contribution in [0, 0.1) is 10.4 Å². The van der Waals surface area contributed by atoms with E-state index in [1.807, 2.05) is 6.07 Å². The van der Waals surface area contributed by atoms with E-state index in [0.717, 1.165) is 32.0 Å². The van der Waals surface area contributed by atoms with Gasteiger partial charge in [-0.1, -0.05) is 31.9 Å². The van der Waals surface area contributed by atoms with E-state index in [0.29, 0.717) is 6.10 Å². The molecule has 0 spiro atoms. The summed E-state index contributed by atoms with van der Waals surface area (Å²) in [5.41, 5.74) is 0. The van der Waals surface area contributed by atoms with Crippen LogP contribution in [0.1, 0.15) is 26.2 Å². The van der Waals surface area contributed by atoms with Crippen LogP contribution in [0.15, 0.2) is 18.2 Å². The molecule has 1 saturated heterocycles. The predicted octanol–water partition coefficient (Wildman–Crippen LogP) is 2.89. The van der Waals surface area contributed by atoms with E-state index in [1.54, 1.807) is 7.11 Å². The van der Waals surface area contributed by atoms with E-state index in [9.17, 15) is 0 Å². The van der Waals surface area contributed by atoms with Crippen LogP contribution < -0.4 is 4.74 Å². The van der Waals surface area contributed by atoms with Crippen LogP contribution in [0.4, 0.5) is 0 Å². The number of unbranched alkanes of at least 4 members (excludes halogenated alkanes) is 1. The summed E-state index contributed by atoms with van der Waals surface area (Å²) in [6.45, 7) is 4.57. The monoisotopic (exact) mass is 250 g/mol. The molecule has 0 aromatic carbocycles. The summed E-state index contributed by atoms with van der Waals surface area (Å²) in [5, 5.41) is 2.62. The third-order valence-electron chi connectivity index (χ3n) is 3.28. The average molecular weight is 250 g/mol. The number of benzene rings is 1. The van der Waals surface area contributed by atoms with E-state index in [4.69, 9.17) is 14.2 Å². The predicted molar refractivity (Wildman–Crippen MR) is 70.8 cm³/mol. The second-order valence-corrected chi connectivity index (χ2v) is 4.63. The number of hydrogen-bond donors (Lipinski definition) is 0. The van der Waals surface area contributed by atoms with Gasteiger partial charge in [-0.3, -0.25) is 0 Å². The highest BCUT2D eigenvalue weighted by Crippen LogP contribution is 2.22. The molecular formula is C15H22O3. The fourth-order valence-electron chi connectivity index (χ4n) is 2.06. The van der Waals surface area contributed by atoms with E-state index in [1.165, 1.54) is 23.3 Å². The van der Waals surface area contributed by atoms with Crippen LogP contribution in [0.5, 0.6) is 5.75 Å². The molecule has 1 heterocycles. The Hall–Kier alpha value is -1.06. The van der Waals surface area contributed by atoms with Crippen molar-refractivity contribution in [3.63, 3.8) is 0 Å². The Morgan fingerprint density at radius 3 is 2.61 bits per heavy atom. The quantitative estimate of drug-likeness (QED) is 0.835. The van der Waals surface area contributed by atoms with Crippen molar-refractivity contribution in [1.29, 1.82) is 0 Å². The highest BCUT2D eigenvalue weighted by Gasteiger charge is 2.12. The Labute approximate surface area is 108 Å². The molecule has 3 rings (SSSR count). The minimum Gasteiger partial charge on any atom is -0.496 e. The van der Waals surface area contributed by atoms with Crippen LogP contribution >= 0.6 is 0 Å². The molecule has 18 heavy (non-hydrogen) atoms. The van der Waals surface area contributed by atoms with Crippen molar-refractivity contribution < 1.29 is 14.2 Å². The molecule has 0 N–H and O–H groups in total. The summed E-state index contributed by atoms with van der Waals surface area (Å²) in [7, 11) is 1.70. The lowest BCUT2D eigenvalue weighted by Crippen LogP contribution is -2.28. The van der Waals surface area contributed by atoms with E-state index in [2.05, 4.69) is 19.1 Å². The first-order valence-electron chi connectivity index (χ1n) is 6.73. The molecule has 100 valence electrons. The Bertz CT molecular complexity index is 449. The second kappa shape index (κ2) is 6.76. The summed E-state index contributed by atoms with van der Waals surface area (Å²) in [4.78, 5) is 0. The van der Waals surface area contributed by atoms with Gasteiger partial charge in [-0.05, 0) is 17.7 Å². The standard InChI is InChI=1S/C8H16O2.C7H6O/c1-2-3-4-8-7-9-5-6-10-8;1-8-7-4-5-2-3-6(5)7/h8H,2-7H2,1H3;2-4H,1H3. The maximum Gasteiger partial charge on any atom is 0.127 e. The molecular weight excluding hydrogens is 228 g/mol. The first-order valence-corrected chi connectivity index (χ1v) is 6.73. The van der Waals surface area contributed by atoms with Crippen molar-refractivity contribution in [3.05, 3.63) is 28.6 Å². The zero-order valence-electron chi connectivity index (χ0n) is 11.3. The average Bonchev–Trinajstić information content (AvgIpc) is 2.41. The fourth-order valence-corrected chi connectivity index (χ4v) is 2.06. The number of hydrogen-bond acceptors (Lipinski definition) is 3. The molecule has 0 bridgehead atoms. The third-order valence-corrected chi connectivity index (χ3v) is 3.28. The van der Waals surface area contributed by atoms with Crippen molar-refractivity contribution in [1.82, 2.24) is 0 Å². The van der Waals surface area contributed by atoms with Crippen molar-refractivity contribution in [2.24, 2.45) is 0 Å². The van der Waals surface area contributed by atoms with Gasteiger partial charge in [0.05, 0.1) is 33.0 Å². The van der Waals surface area contributed by atoms with Gasteiger partial charge in [-0.15, -0.1) is 0 Å². The highest BCUT2D eigenvalue weighted by molar-refractivity contribution is 5.38. The summed E-state index contributed by atoms with van der Waals surface area (Å²) in [5.74, 6) is 1.03. The Morgan fingerprint density at radius 2 is 2.22 bits per heavy atom. The van der Waals surface area contributed by atoms with Crippen molar-refractivity contribution >= 4 is 0 Å². The van der Waals surface area contributed by atoms with Gasteiger partial charge < -0.3 is 14.2 Å². The van der Waals surface area contributed by atoms with Gasteiger partial charge in [-0.25, -0.2) is 0 Å². The van der Waals surface area contributed by atoms with E-state index in [-0.39, 0.29) is 0 Å². The second-order valence-electron chi connectivity index (χ2n) is 4.63. The van der Waals surface area contributed by atoms with Crippen molar-refractivity contribution in [3.8, 4) is 5.75 Å². The molecule has 0 radical (unpaired) electrons. The minimum absolute atomic E-state index is 0.383. The number of ether oxygens (including phenoxy) is 3. The highest BCUT2D eigenvalue weighted by atomic mass is 16.6. The number of rotatable bonds is 4. The molecule has 2 aliphatic carbocycles. The summed E-state index contributed by atoms with van der Waals surface area (Å²) >= 11 is 0. The van der Waals surface area contributed by atoms with Crippen LogP contribution in [0.2, 0.25) is 0 Å². The van der Waals surface area contributed by atoms with Crippen LogP contribution in [0.25, 0.3) is 0 Å². The fraction of sp³-hybridized carbons (Fsp3) is 0.600. The largest absolute Gasteiger partial charge is 0.496 e. The summed E-state index contributed by atoms with van der Waals surface area (Å²) < 4.78 is 15.7. The topological polar surface area (TPSA) is 27.7 Å². The molecule has 0 aromatic heterocycles. The molecule has 0 saturated carbocycles. The van der Waals surface area contributed by atoms with Gasteiger partial charge >= 0.3 is 0 Å². The Kier molecular flexibility index (Phi) is 5.02. The SMILES string of the molecule is CCCCC1COCCO1.COc1cc2ccc1=2. The van der Waals surface area contributed by atoms with Crippen molar-refractivity contribution in [2.45, 2.75) is 32.3 Å². The lowest BCUT2D eigenvalue weighted by Gasteiger charge is -2.22. The smallest absolute Gasteiger partial charge is 0.127 e. The third kappa shape index (κ3) is 3.24. The summed E-state index contributed by atoms with van der Waals surface area (Å²) in [6, 6.07) is 6.18. The van der Waals surface area contributed by atoms with Crippen LogP contribution in [-0.2, 0) is 9.47 Å². The van der Waals surface area contributed by atoms with Gasteiger partial charge in [0.1, 0.15) is 5.75 Å². The van der Waals surface area contributed by atoms with Crippen molar-refractivity contribution in [2.75, 3.05) is 26.9 Å². The molecule has 1 fully saturated rings. The van der Waals surface area contributed by atoms with Gasteiger partial charge in [0, 0.05) is 5.22 Å². The summed E-state index contributed by atoms with van der Waals surface area (Å²) in [6.07, 6.45) is 4.05. The first-order chi connectivity index (χ1) is 8.85. The minimum atomic E-state index is 0.383. The molecule has 3 nitrogen and oxygen atoms in total. The lowest BCUT2D eigenvalue weighted by atomic mass is 10.1. The molecule has 0 amide bonds. The van der Waals surface area contributed by atoms with E-state index < -0.39 is 0 Å². The van der Waals surface area contributed by atoms with Gasteiger partial charge in [0.25, 0.3) is 0 Å². The van der Waals surface area contributed by atoms with E-state index >= 15 is 0 Å². The zero-order valence-corrected chi connectivity index (χ0v) is 11.3. The molecule has 3 aliphatic rings. The normalized spacial score (nSPS) is 19.8. The maximum absolute atomic E-state index is 5.46. The Balaban J connectivity index is 0.000000136. The van der Waals surface area contributed by atoms with Crippen LogP contribution in [-0.4, -0.2) is 33.0 Å². The lowest BCUT2D eigenvalue weighted by molar-refractivity contribution is -0.0911. The Morgan fingerprint density at radius 1 is 1.33 bits per heavy atom. The number of methoxy groups -OCH3 is 1. The zero-order chi connectivity index (χ0) is 12.8. The van der Waals surface area contributed by atoms with Gasteiger partial charge in [-0.2, -0.15) is 0 Å². The first kappa shape index (κ1) is 13.4. The van der Waals surface area contributed by atoms with Gasteiger partial charge in [0.15, 0.2) is 0 Å². The molecule has 0 aromatic rings. The molecule has 1 atom stereocenters.